The molecule has 0 aromatic heterocycles. The van der Waals surface area contributed by atoms with Gasteiger partial charge in [0.2, 0.25) is 0 Å². The van der Waals surface area contributed by atoms with Gasteiger partial charge in [-0.2, -0.15) is 0 Å². The smallest absolute Gasteiger partial charge is 0.268 e. The third-order valence-electron chi connectivity index (χ3n) is 3.70. The van der Waals surface area contributed by atoms with Gasteiger partial charge in [0, 0.05) is 22.4 Å². The van der Waals surface area contributed by atoms with Gasteiger partial charge in [-0.1, -0.05) is 11.8 Å². The molecule has 2 rings (SSSR count). The summed E-state index contributed by atoms with van der Waals surface area (Å²) in [5.74, 6) is 9.74. The van der Waals surface area contributed by atoms with Crippen molar-refractivity contribution in [3.05, 3.63) is 65.2 Å². The van der Waals surface area contributed by atoms with Crippen molar-refractivity contribution in [1.29, 1.82) is 0 Å². The fourth-order valence-corrected chi connectivity index (χ4v) is 2.18. The maximum Gasteiger partial charge on any atom is 0.268 e. The Morgan fingerprint density at radius 3 is 1.93 bits per heavy atom. The van der Waals surface area contributed by atoms with Gasteiger partial charge in [0.05, 0.1) is 6.10 Å². The minimum Gasteiger partial charge on any atom is -0.399 e. The van der Waals surface area contributed by atoms with E-state index in [0.29, 0.717) is 11.3 Å². The normalized spacial score (nSPS) is 11.7. The number of hydrogen-bond donors (Lipinski definition) is 5. The highest BCUT2D eigenvalue weighted by Gasteiger charge is 2.25. The number of amides is 2. The molecular formula is C21H19N3O4. The van der Waals surface area contributed by atoms with Crippen molar-refractivity contribution in [3.63, 3.8) is 0 Å². The number of nitrogen functional groups attached to an aromatic ring is 1. The summed E-state index contributed by atoms with van der Waals surface area (Å²) in [5.41, 5.74) is 9.40. The van der Waals surface area contributed by atoms with Crippen molar-refractivity contribution in [1.82, 2.24) is 10.8 Å². The summed E-state index contributed by atoms with van der Waals surface area (Å²) < 4.78 is 0. The fraction of sp³-hybridized carbons (Fsp3) is 0.143. The molecule has 6 N–H and O–H groups in total. The van der Waals surface area contributed by atoms with Crippen LogP contribution >= 0.6 is 0 Å². The molecule has 0 aliphatic heterocycles. The summed E-state index contributed by atoms with van der Waals surface area (Å²) in [6, 6.07) is 12.2. The van der Waals surface area contributed by atoms with Gasteiger partial charge in [-0.05, 0) is 67.3 Å². The molecule has 0 heterocycles. The molecule has 28 heavy (non-hydrogen) atoms. The van der Waals surface area contributed by atoms with E-state index < -0.39 is 24.0 Å². The first-order valence-electron chi connectivity index (χ1n) is 8.31. The van der Waals surface area contributed by atoms with Crippen molar-refractivity contribution >= 4 is 17.5 Å². The van der Waals surface area contributed by atoms with Crippen LogP contribution in [0.4, 0.5) is 5.69 Å². The van der Waals surface area contributed by atoms with E-state index in [1.54, 1.807) is 36.4 Å². The summed E-state index contributed by atoms with van der Waals surface area (Å²) in [6.07, 6.45) is -1.18. The molecular weight excluding hydrogens is 358 g/mol. The Morgan fingerprint density at radius 2 is 1.46 bits per heavy atom. The van der Waals surface area contributed by atoms with Gasteiger partial charge in [-0.25, -0.2) is 5.48 Å². The number of rotatable bonds is 4. The zero-order chi connectivity index (χ0) is 20.5. The second-order valence-electron chi connectivity index (χ2n) is 5.87. The van der Waals surface area contributed by atoms with Gasteiger partial charge in [0.1, 0.15) is 6.04 Å². The molecule has 0 saturated heterocycles. The molecule has 2 amide bonds. The van der Waals surface area contributed by atoms with E-state index in [9.17, 15) is 14.7 Å². The predicted molar refractivity (Wildman–Crippen MR) is 104 cm³/mol. The fourth-order valence-electron chi connectivity index (χ4n) is 2.18. The number of aliphatic hydroxyl groups is 1. The molecule has 2 atom stereocenters. The van der Waals surface area contributed by atoms with Crippen LogP contribution in [0.25, 0.3) is 0 Å². The third kappa shape index (κ3) is 5.89. The highest BCUT2D eigenvalue weighted by atomic mass is 16.5. The lowest BCUT2D eigenvalue weighted by Crippen LogP contribution is -2.51. The number of nitrogens with one attached hydrogen (secondary N) is 2. The Morgan fingerprint density at radius 1 is 0.964 bits per heavy atom. The lowest BCUT2D eigenvalue weighted by atomic mass is 10.1. The minimum atomic E-state index is -1.28. The Balaban J connectivity index is 2.03. The number of carbonyl (C=O) groups is 2. The predicted octanol–water partition coefficient (Wildman–Crippen LogP) is 0.657. The Labute approximate surface area is 162 Å². The second-order valence-corrected chi connectivity index (χ2v) is 5.87. The molecule has 0 aliphatic carbocycles. The van der Waals surface area contributed by atoms with Crippen LogP contribution in [0.2, 0.25) is 0 Å². The first-order chi connectivity index (χ1) is 13.4. The van der Waals surface area contributed by atoms with E-state index in [1.165, 1.54) is 24.5 Å². The molecule has 2 aromatic rings. The molecule has 0 spiro atoms. The number of anilines is 1. The maximum absolute atomic E-state index is 12.2. The van der Waals surface area contributed by atoms with Crippen LogP contribution in [0.15, 0.2) is 48.5 Å². The van der Waals surface area contributed by atoms with Gasteiger partial charge in [0.15, 0.2) is 0 Å². The quantitative estimate of drug-likeness (QED) is 0.232. The molecule has 7 nitrogen and oxygen atoms in total. The van der Waals surface area contributed by atoms with E-state index in [-0.39, 0.29) is 5.56 Å². The number of benzene rings is 2. The molecule has 0 saturated carbocycles. The summed E-state index contributed by atoms with van der Waals surface area (Å²) in [7, 11) is 0. The van der Waals surface area contributed by atoms with Crippen LogP contribution in [0.3, 0.4) is 0 Å². The molecule has 142 valence electrons. The highest BCUT2D eigenvalue weighted by Crippen LogP contribution is 2.05. The third-order valence-corrected chi connectivity index (χ3v) is 3.70. The van der Waals surface area contributed by atoms with Gasteiger partial charge in [0.25, 0.3) is 11.8 Å². The van der Waals surface area contributed by atoms with Gasteiger partial charge >= 0.3 is 0 Å². The van der Waals surface area contributed by atoms with Crippen LogP contribution in [-0.4, -0.2) is 34.3 Å². The van der Waals surface area contributed by atoms with Gasteiger partial charge < -0.3 is 16.2 Å². The number of hydrogen-bond acceptors (Lipinski definition) is 5. The zero-order valence-electron chi connectivity index (χ0n) is 15.1. The van der Waals surface area contributed by atoms with E-state index in [2.05, 4.69) is 29.0 Å². The standard InChI is InChI=1S/C21H19N3O4/c1-14(25)19(21(27)24-28)23-20(26)17-10-6-15(7-11-17)4-2-3-5-16-8-12-18(22)13-9-16/h6-14,19,25,28H,22H2,1H3,(H,23,26)(H,24,27)/t14-,19?/m1/s1. The first kappa shape index (κ1) is 20.5. The average Bonchev–Trinajstić information content (AvgIpc) is 2.70. The molecule has 7 heteroatoms. The molecule has 0 bridgehead atoms. The van der Waals surface area contributed by atoms with Gasteiger partial charge in [-0.3, -0.25) is 14.8 Å². The monoisotopic (exact) mass is 377 g/mol. The van der Waals surface area contributed by atoms with Crippen LogP contribution in [0, 0.1) is 23.7 Å². The largest absolute Gasteiger partial charge is 0.399 e. The van der Waals surface area contributed by atoms with Crippen LogP contribution in [-0.2, 0) is 4.79 Å². The molecule has 2 aromatic carbocycles. The topological polar surface area (TPSA) is 125 Å². The van der Waals surface area contributed by atoms with E-state index in [1.807, 2.05) is 0 Å². The number of aliphatic hydroxyl groups excluding tert-OH is 1. The lowest BCUT2D eigenvalue weighted by Gasteiger charge is -2.19. The van der Waals surface area contributed by atoms with Crippen molar-refractivity contribution < 1.29 is 19.9 Å². The summed E-state index contributed by atoms with van der Waals surface area (Å²) >= 11 is 0. The number of hydroxylamine groups is 1. The molecule has 0 radical (unpaired) electrons. The molecule has 1 unspecified atom stereocenters. The van der Waals surface area contributed by atoms with Crippen molar-refractivity contribution in [2.45, 2.75) is 19.1 Å². The summed E-state index contributed by atoms with van der Waals surface area (Å²) in [4.78, 5) is 23.6. The average molecular weight is 377 g/mol. The Hall–Kier alpha value is -3.78. The first-order valence-corrected chi connectivity index (χ1v) is 8.31. The molecule has 0 aliphatic rings. The van der Waals surface area contributed by atoms with E-state index >= 15 is 0 Å². The zero-order valence-corrected chi connectivity index (χ0v) is 15.1. The number of nitrogens with two attached hydrogens (primary N) is 1. The van der Waals surface area contributed by atoms with Crippen LogP contribution in [0.1, 0.15) is 28.4 Å². The molecule has 0 fully saturated rings. The van der Waals surface area contributed by atoms with E-state index in [0.717, 1.165) is 5.56 Å². The maximum atomic E-state index is 12.2. The number of carbonyl (C=O) groups excluding carboxylic acids is 2. The minimum absolute atomic E-state index is 0.273. The van der Waals surface area contributed by atoms with Crippen molar-refractivity contribution in [2.75, 3.05) is 5.73 Å². The van der Waals surface area contributed by atoms with Crippen molar-refractivity contribution in [2.24, 2.45) is 0 Å². The Bertz CT molecular complexity index is 959. The lowest BCUT2D eigenvalue weighted by molar-refractivity contribution is -0.133. The van der Waals surface area contributed by atoms with Crippen LogP contribution < -0.4 is 16.5 Å². The summed E-state index contributed by atoms with van der Waals surface area (Å²) in [5, 5.41) is 20.6. The van der Waals surface area contributed by atoms with E-state index in [4.69, 9.17) is 10.9 Å². The summed E-state index contributed by atoms with van der Waals surface area (Å²) in [6.45, 7) is 1.32. The Kier molecular flexibility index (Phi) is 7.18. The SMILES string of the molecule is C[C@@H](O)C(NC(=O)c1ccc(C#CC#Cc2ccc(N)cc2)cc1)C(=O)NO. The van der Waals surface area contributed by atoms with Crippen LogP contribution in [0.5, 0.6) is 0 Å². The highest BCUT2D eigenvalue weighted by molar-refractivity contribution is 5.97. The van der Waals surface area contributed by atoms with Crippen molar-refractivity contribution in [3.8, 4) is 23.7 Å². The van der Waals surface area contributed by atoms with Gasteiger partial charge in [-0.15, -0.1) is 0 Å². The second kappa shape index (κ2) is 9.79.